The molecule has 0 aliphatic rings. The quantitative estimate of drug-likeness (QED) is 0.754. The van der Waals surface area contributed by atoms with Gasteiger partial charge in [0.25, 0.3) is 5.91 Å². The minimum atomic E-state index is -0.411. The van der Waals surface area contributed by atoms with E-state index in [4.69, 9.17) is 9.15 Å². The van der Waals surface area contributed by atoms with Crippen molar-refractivity contribution in [2.75, 3.05) is 12.4 Å². The maximum absolute atomic E-state index is 12.5. The fraction of sp³-hybridized carbons (Fsp3) is 0.105. The number of amides is 1. The maximum Gasteiger partial charge on any atom is 0.259 e. The number of carbonyl (C=O) groups excluding carboxylic acids is 1. The first kappa shape index (κ1) is 15.7. The average Bonchev–Trinajstić information content (AvgIpc) is 3.11. The highest BCUT2D eigenvalue weighted by Crippen LogP contribution is 2.28. The summed E-state index contributed by atoms with van der Waals surface area (Å²) >= 11 is 0. The molecule has 122 valence electrons. The number of hydrogen-bond acceptors (Lipinski definition) is 4. The van der Waals surface area contributed by atoms with Crippen LogP contribution >= 0.6 is 0 Å². The molecule has 5 nitrogen and oxygen atoms in total. The lowest BCUT2D eigenvalue weighted by Crippen LogP contribution is -2.13. The number of benzene rings is 2. The van der Waals surface area contributed by atoms with Crippen molar-refractivity contribution in [3.05, 3.63) is 65.9 Å². The van der Waals surface area contributed by atoms with Gasteiger partial charge in [0, 0.05) is 11.3 Å². The van der Waals surface area contributed by atoms with E-state index in [1.54, 1.807) is 12.3 Å². The number of ether oxygens (including phenoxy) is 1. The molecular formula is C19H17NO4. The molecule has 3 aromatic rings. The van der Waals surface area contributed by atoms with Gasteiger partial charge in [-0.15, -0.1) is 0 Å². The number of phenolic OH excluding ortho intramolecular Hbond substituents is 1. The number of furan rings is 1. The molecule has 0 spiro atoms. The van der Waals surface area contributed by atoms with Crippen LogP contribution in [0.4, 0.5) is 5.69 Å². The maximum atomic E-state index is 12.5. The Morgan fingerprint density at radius 1 is 1.17 bits per heavy atom. The fourth-order valence-corrected chi connectivity index (χ4v) is 2.37. The molecule has 1 aromatic heterocycles. The van der Waals surface area contributed by atoms with E-state index in [2.05, 4.69) is 5.32 Å². The van der Waals surface area contributed by atoms with Crippen LogP contribution in [-0.4, -0.2) is 18.1 Å². The number of nitrogens with one attached hydrogen (secondary N) is 1. The zero-order valence-electron chi connectivity index (χ0n) is 13.4. The highest BCUT2D eigenvalue weighted by Gasteiger charge is 2.14. The van der Waals surface area contributed by atoms with Gasteiger partial charge >= 0.3 is 0 Å². The molecule has 1 heterocycles. The Morgan fingerprint density at radius 3 is 2.71 bits per heavy atom. The summed E-state index contributed by atoms with van der Waals surface area (Å²) in [7, 11) is 1.51. The molecule has 3 rings (SSSR count). The Bertz CT molecular complexity index is 869. The summed E-state index contributed by atoms with van der Waals surface area (Å²) < 4.78 is 10.5. The summed E-state index contributed by atoms with van der Waals surface area (Å²) in [4.78, 5) is 12.5. The van der Waals surface area contributed by atoms with Crippen molar-refractivity contribution in [1.82, 2.24) is 0 Å². The van der Waals surface area contributed by atoms with Crippen LogP contribution in [0.3, 0.4) is 0 Å². The largest absolute Gasteiger partial charge is 0.507 e. The van der Waals surface area contributed by atoms with Crippen LogP contribution in [0.2, 0.25) is 0 Å². The number of methoxy groups -OCH3 is 1. The van der Waals surface area contributed by atoms with Gasteiger partial charge in [0.05, 0.1) is 18.9 Å². The summed E-state index contributed by atoms with van der Waals surface area (Å²) in [6.45, 7) is 1.90. The van der Waals surface area contributed by atoms with Gasteiger partial charge in [-0.05, 0) is 48.9 Å². The third kappa shape index (κ3) is 3.10. The minimum absolute atomic E-state index is 0.104. The van der Waals surface area contributed by atoms with E-state index in [1.807, 2.05) is 37.3 Å². The summed E-state index contributed by atoms with van der Waals surface area (Å²) in [6.07, 6.45) is 1.60. The molecule has 0 saturated carbocycles. The number of rotatable bonds is 4. The molecule has 0 radical (unpaired) electrons. The summed E-state index contributed by atoms with van der Waals surface area (Å²) in [5.74, 6) is 0.702. The molecule has 2 aromatic carbocycles. The predicted molar refractivity (Wildman–Crippen MR) is 91.5 cm³/mol. The van der Waals surface area contributed by atoms with Gasteiger partial charge in [-0.3, -0.25) is 4.79 Å². The van der Waals surface area contributed by atoms with Crippen LogP contribution in [-0.2, 0) is 0 Å². The lowest BCUT2D eigenvalue weighted by atomic mass is 10.1. The van der Waals surface area contributed by atoms with Gasteiger partial charge < -0.3 is 19.6 Å². The van der Waals surface area contributed by atoms with Crippen LogP contribution in [0.15, 0.2) is 59.2 Å². The van der Waals surface area contributed by atoms with Gasteiger partial charge in [-0.25, -0.2) is 0 Å². The second-order valence-corrected chi connectivity index (χ2v) is 5.34. The van der Waals surface area contributed by atoms with E-state index in [9.17, 15) is 9.90 Å². The second-order valence-electron chi connectivity index (χ2n) is 5.34. The van der Waals surface area contributed by atoms with Crippen molar-refractivity contribution in [2.24, 2.45) is 0 Å². The standard InChI is InChI=1S/C19H17NO4/c1-12-5-6-13(18-4-3-9-24-18)10-16(12)20-19(22)15-11-14(23-2)7-8-17(15)21/h3-11,21H,1-2H3,(H,20,22). The first-order valence-corrected chi connectivity index (χ1v) is 7.41. The molecule has 0 saturated heterocycles. The number of aryl methyl sites for hydroxylation is 1. The third-order valence-electron chi connectivity index (χ3n) is 3.74. The summed E-state index contributed by atoms with van der Waals surface area (Å²) in [5.41, 5.74) is 2.56. The first-order chi connectivity index (χ1) is 11.6. The Kier molecular flexibility index (Phi) is 4.24. The van der Waals surface area contributed by atoms with Crippen molar-refractivity contribution in [2.45, 2.75) is 6.92 Å². The zero-order valence-corrected chi connectivity index (χ0v) is 13.4. The second kappa shape index (κ2) is 6.50. The fourth-order valence-electron chi connectivity index (χ4n) is 2.37. The molecule has 5 heteroatoms. The number of aromatic hydroxyl groups is 1. The summed E-state index contributed by atoms with van der Waals surface area (Å²) in [5, 5.41) is 12.7. The van der Waals surface area contributed by atoms with E-state index in [1.165, 1.54) is 19.2 Å². The molecule has 0 aliphatic carbocycles. The van der Waals surface area contributed by atoms with E-state index in [0.29, 0.717) is 11.4 Å². The molecule has 0 unspecified atom stereocenters. The highest BCUT2D eigenvalue weighted by molar-refractivity contribution is 6.07. The van der Waals surface area contributed by atoms with Crippen molar-refractivity contribution in [1.29, 1.82) is 0 Å². The van der Waals surface area contributed by atoms with Gasteiger partial charge in [-0.1, -0.05) is 12.1 Å². The van der Waals surface area contributed by atoms with Gasteiger partial charge in [0.2, 0.25) is 0 Å². The average molecular weight is 323 g/mol. The van der Waals surface area contributed by atoms with Crippen LogP contribution in [0.1, 0.15) is 15.9 Å². The number of anilines is 1. The zero-order chi connectivity index (χ0) is 17.1. The molecule has 0 aliphatic heterocycles. The van der Waals surface area contributed by atoms with Gasteiger partial charge in [0.1, 0.15) is 17.3 Å². The van der Waals surface area contributed by atoms with E-state index in [0.717, 1.165) is 16.9 Å². The van der Waals surface area contributed by atoms with Crippen LogP contribution in [0.5, 0.6) is 11.5 Å². The molecular weight excluding hydrogens is 306 g/mol. The highest BCUT2D eigenvalue weighted by atomic mass is 16.5. The first-order valence-electron chi connectivity index (χ1n) is 7.41. The monoisotopic (exact) mass is 323 g/mol. The molecule has 0 atom stereocenters. The molecule has 1 amide bonds. The summed E-state index contributed by atoms with van der Waals surface area (Å²) in [6, 6.07) is 13.8. The Morgan fingerprint density at radius 2 is 2.00 bits per heavy atom. The number of phenols is 1. The number of carbonyl (C=O) groups is 1. The molecule has 0 fully saturated rings. The van der Waals surface area contributed by atoms with E-state index in [-0.39, 0.29) is 11.3 Å². The van der Waals surface area contributed by atoms with Gasteiger partial charge in [-0.2, -0.15) is 0 Å². The lowest BCUT2D eigenvalue weighted by Gasteiger charge is -2.11. The smallest absolute Gasteiger partial charge is 0.259 e. The van der Waals surface area contributed by atoms with E-state index < -0.39 is 5.91 Å². The van der Waals surface area contributed by atoms with E-state index >= 15 is 0 Å². The van der Waals surface area contributed by atoms with Crippen molar-refractivity contribution in [3.8, 4) is 22.8 Å². The molecule has 0 bridgehead atoms. The van der Waals surface area contributed by atoms with Crippen molar-refractivity contribution in [3.63, 3.8) is 0 Å². The third-order valence-corrected chi connectivity index (χ3v) is 3.74. The molecule has 24 heavy (non-hydrogen) atoms. The van der Waals surface area contributed by atoms with Crippen LogP contribution in [0, 0.1) is 6.92 Å². The van der Waals surface area contributed by atoms with Crippen LogP contribution < -0.4 is 10.1 Å². The van der Waals surface area contributed by atoms with Gasteiger partial charge in [0.15, 0.2) is 0 Å². The van der Waals surface area contributed by atoms with Crippen molar-refractivity contribution < 1.29 is 19.1 Å². The Hall–Kier alpha value is -3.21. The van der Waals surface area contributed by atoms with Crippen molar-refractivity contribution >= 4 is 11.6 Å². The number of hydrogen-bond donors (Lipinski definition) is 2. The minimum Gasteiger partial charge on any atom is -0.507 e. The lowest BCUT2D eigenvalue weighted by molar-refractivity contribution is 0.102. The Labute approximate surface area is 139 Å². The predicted octanol–water partition coefficient (Wildman–Crippen LogP) is 4.22. The Balaban J connectivity index is 1.91. The SMILES string of the molecule is COc1ccc(O)c(C(=O)Nc2cc(-c3ccco3)ccc2C)c1. The normalized spacial score (nSPS) is 10.4. The topological polar surface area (TPSA) is 71.7 Å². The van der Waals surface area contributed by atoms with Crippen LogP contribution in [0.25, 0.3) is 11.3 Å². The molecule has 2 N–H and O–H groups in total.